The summed E-state index contributed by atoms with van der Waals surface area (Å²) in [5.41, 5.74) is 3.33. The Morgan fingerprint density at radius 3 is 2.18 bits per heavy atom. The highest BCUT2D eigenvalue weighted by Crippen LogP contribution is 2.36. The van der Waals surface area contributed by atoms with Crippen LogP contribution in [-0.4, -0.2) is 23.0 Å². The topological polar surface area (TPSA) is 9.23 Å². The van der Waals surface area contributed by atoms with Gasteiger partial charge in [0, 0.05) is 11.1 Å². The maximum Gasteiger partial charge on any atom is 0.192 e. The predicted molar refractivity (Wildman–Crippen MR) is 110 cm³/mol. The molecule has 0 rings (SSSR count). The smallest absolute Gasteiger partial charge is 0.192 e. The summed E-state index contributed by atoms with van der Waals surface area (Å²) >= 11 is 3.59. The van der Waals surface area contributed by atoms with Crippen LogP contribution in [0.5, 0.6) is 0 Å². The molecule has 0 aromatic rings. The molecule has 22 heavy (non-hydrogen) atoms. The molecule has 0 aliphatic rings. The highest BCUT2D eigenvalue weighted by atomic mass is 79.9. The summed E-state index contributed by atoms with van der Waals surface area (Å²) in [6.45, 7) is 21.1. The third-order valence-corrected chi connectivity index (χ3v) is 9.65. The number of hydrogen-bond donors (Lipinski definition) is 0. The van der Waals surface area contributed by atoms with Gasteiger partial charge in [-0.05, 0) is 36.2 Å². The number of allylic oxidation sites excluding steroid dienone is 3. The molecule has 0 aliphatic heterocycles. The molecule has 0 saturated heterocycles. The van der Waals surface area contributed by atoms with Gasteiger partial charge in [-0.15, -0.1) is 5.54 Å². The zero-order valence-corrected chi connectivity index (χ0v) is 19.4. The molecule has 0 amide bonds. The number of halogens is 1. The Bertz CT molecular complexity index is 468. The van der Waals surface area contributed by atoms with E-state index in [0.717, 1.165) is 11.1 Å². The minimum atomic E-state index is -1.65. The van der Waals surface area contributed by atoms with Crippen LogP contribution in [0, 0.1) is 17.4 Å². The molecule has 4 heteroatoms. The van der Waals surface area contributed by atoms with E-state index in [-0.39, 0.29) is 5.04 Å². The van der Waals surface area contributed by atoms with Crippen LogP contribution in [-0.2, 0) is 4.43 Å². The van der Waals surface area contributed by atoms with Gasteiger partial charge in [-0.1, -0.05) is 75.3 Å². The van der Waals surface area contributed by atoms with Gasteiger partial charge in [0.2, 0.25) is 0 Å². The van der Waals surface area contributed by atoms with Gasteiger partial charge in [0.15, 0.2) is 8.32 Å². The lowest BCUT2D eigenvalue weighted by Gasteiger charge is -2.36. The Morgan fingerprint density at radius 1 is 1.18 bits per heavy atom. The molecule has 0 aromatic carbocycles. The van der Waals surface area contributed by atoms with Gasteiger partial charge in [0.1, 0.15) is 8.07 Å². The Hall–Kier alpha value is -0.0862. The molecule has 0 aliphatic carbocycles. The van der Waals surface area contributed by atoms with Crippen LogP contribution in [0.2, 0.25) is 37.8 Å². The lowest BCUT2D eigenvalue weighted by Crippen LogP contribution is -2.41. The van der Waals surface area contributed by atoms with Crippen molar-refractivity contribution in [1.82, 2.24) is 0 Å². The highest BCUT2D eigenvalue weighted by Gasteiger charge is 2.37. The minimum Gasteiger partial charge on any atom is -0.416 e. The fraction of sp³-hybridized carbons (Fsp3) is 0.667. The molecular weight excluding hydrogens is 368 g/mol. The van der Waals surface area contributed by atoms with E-state index in [4.69, 9.17) is 4.43 Å². The number of rotatable bonds is 5. The summed E-state index contributed by atoms with van der Waals surface area (Å²) in [4.78, 5) is 0. The monoisotopic (exact) mass is 400 g/mol. The molecule has 1 nitrogen and oxygen atoms in total. The number of hydrogen-bond acceptors (Lipinski definition) is 1. The van der Waals surface area contributed by atoms with Gasteiger partial charge in [-0.2, -0.15) is 0 Å². The SMILES string of the molecule is C[C@H](/C=C(Br)/C=C/C#C[Si](C)(C)C)CO[Si](C)(C)C(C)(C)C. The van der Waals surface area contributed by atoms with E-state index in [2.05, 4.69) is 93.9 Å². The predicted octanol–water partition coefficient (Wildman–Crippen LogP) is 6.36. The van der Waals surface area contributed by atoms with Crippen molar-refractivity contribution in [3.05, 3.63) is 22.7 Å². The van der Waals surface area contributed by atoms with Gasteiger partial charge in [0.25, 0.3) is 0 Å². The minimum absolute atomic E-state index is 0.264. The van der Waals surface area contributed by atoms with Gasteiger partial charge in [-0.25, -0.2) is 0 Å². The fourth-order valence-corrected chi connectivity index (χ4v) is 3.52. The van der Waals surface area contributed by atoms with Crippen molar-refractivity contribution in [3.8, 4) is 11.5 Å². The quantitative estimate of drug-likeness (QED) is 0.296. The lowest BCUT2D eigenvalue weighted by molar-refractivity contribution is 0.259. The van der Waals surface area contributed by atoms with Crippen LogP contribution >= 0.6 is 15.9 Å². The van der Waals surface area contributed by atoms with Gasteiger partial charge in [-0.3, -0.25) is 0 Å². The molecule has 0 aromatic heterocycles. The van der Waals surface area contributed by atoms with Gasteiger partial charge < -0.3 is 4.43 Å². The normalized spacial score (nSPS) is 15.6. The van der Waals surface area contributed by atoms with E-state index in [1.54, 1.807) is 0 Å². The summed E-state index contributed by atoms with van der Waals surface area (Å²) in [5.74, 6) is 3.53. The maximum absolute atomic E-state index is 6.25. The Labute approximate surface area is 148 Å². The van der Waals surface area contributed by atoms with Crippen molar-refractivity contribution in [1.29, 1.82) is 0 Å². The molecule has 0 N–H and O–H groups in total. The average Bonchev–Trinajstić information content (AvgIpc) is 2.30. The first-order valence-electron chi connectivity index (χ1n) is 7.95. The average molecular weight is 402 g/mol. The summed E-state index contributed by atoms with van der Waals surface area (Å²) in [5, 5.41) is 0.264. The molecule has 0 radical (unpaired) electrons. The first-order chi connectivity index (χ1) is 9.74. The second-order valence-corrected chi connectivity index (χ2v) is 18.9. The van der Waals surface area contributed by atoms with E-state index in [9.17, 15) is 0 Å². The molecule has 0 bridgehead atoms. The van der Waals surface area contributed by atoms with E-state index in [1.807, 2.05) is 12.2 Å². The maximum atomic E-state index is 6.25. The van der Waals surface area contributed by atoms with Crippen LogP contribution in [0.15, 0.2) is 22.7 Å². The zero-order chi connectivity index (χ0) is 17.6. The summed E-state index contributed by atoms with van der Waals surface area (Å²) in [7, 11) is -2.93. The lowest BCUT2D eigenvalue weighted by atomic mass is 10.2. The highest BCUT2D eigenvalue weighted by molar-refractivity contribution is 9.11. The van der Waals surface area contributed by atoms with Crippen LogP contribution in [0.4, 0.5) is 0 Å². The summed E-state index contributed by atoms with van der Waals surface area (Å²) in [6, 6.07) is 0. The molecule has 0 spiro atoms. The van der Waals surface area contributed by atoms with Gasteiger partial charge >= 0.3 is 0 Å². The van der Waals surface area contributed by atoms with E-state index >= 15 is 0 Å². The van der Waals surface area contributed by atoms with E-state index in [1.165, 1.54) is 0 Å². The molecule has 1 atom stereocenters. The zero-order valence-electron chi connectivity index (χ0n) is 15.8. The largest absolute Gasteiger partial charge is 0.416 e. The van der Waals surface area contributed by atoms with Crippen molar-refractivity contribution in [2.24, 2.45) is 5.92 Å². The second kappa shape index (κ2) is 8.68. The molecule has 0 unspecified atom stereocenters. The van der Waals surface area contributed by atoms with Crippen LogP contribution < -0.4 is 0 Å². The molecule has 0 fully saturated rings. The van der Waals surface area contributed by atoms with Gasteiger partial charge in [0.05, 0.1) is 0 Å². The molecular formula is C18H33BrOSi2. The molecule has 0 saturated carbocycles. The third-order valence-electron chi connectivity index (χ3n) is 3.73. The Balaban J connectivity index is 4.54. The van der Waals surface area contributed by atoms with Crippen molar-refractivity contribution in [2.45, 2.75) is 65.5 Å². The standard InChI is InChI=1S/C18H33BrOSi2/c1-16(15-20-22(8,9)18(2,3)4)14-17(19)12-10-11-13-21(5,6)7/h10,12,14,16H,15H2,1-9H3/b12-10+,17-14-/t16-/m1/s1. The molecule has 126 valence electrons. The molecule has 0 heterocycles. The van der Waals surface area contributed by atoms with E-state index in [0.29, 0.717) is 5.92 Å². The Kier molecular flexibility index (Phi) is 8.64. The fourth-order valence-electron chi connectivity index (χ4n) is 1.31. The van der Waals surface area contributed by atoms with Crippen molar-refractivity contribution in [2.75, 3.05) is 6.61 Å². The van der Waals surface area contributed by atoms with Crippen LogP contribution in [0.1, 0.15) is 27.7 Å². The first kappa shape index (κ1) is 21.9. The van der Waals surface area contributed by atoms with Crippen molar-refractivity contribution < 1.29 is 4.43 Å². The summed E-state index contributed by atoms with van der Waals surface area (Å²) in [6.07, 6.45) is 6.15. The summed E-state index contributed by atoms with van der Waals surface area (Å²) < 4.78 is 7.33. The van der Waals surface area contributed by atoms with Crippen molar-refractivity contribution in [3.63, 3.8) is 0 Å². The first-order valence-corrected chi connectivity index (χ1v) is 15.2. The van der Waals surface area contributed by atoms with Crippen LogP contribution in [0.25, 0.3) is 0 Å². The van der Waals surface area contributed by atoms with Crippen LogP contribution in [0.3, 0.4) is 0 Å². The Morgan fingerprint density at radius 2 is 1.73 bits per heavy atom. The van der Waals surface area contributed by atoms with E-state index < -0.39 is 16.4 Å². The second-order valence-electron chi connectivity index (χ2n) is 8.45. The van der Waals surface area contributed by atoms with Crippen molar-refractivity contribution >= 4 is 32.3 Å². The third kappa shape index (κ3) is 9.83.